The van der Waals surface area contributed by atoms with Gasteiger partial charge in [0.2, 0.25) is 0 Å². The number of likely N-dealkylation sites (N-methyl/N-ethyl adjacent to an activating group) is 1. The fraction of sp³-hybridized carbons (Fsp3) is 1.00. The molecule has 2 N–H and O–H groups in total. The Morgan fingerprint density at radius 2 is 1.18 bits per heavy atom. The zero-order chi connectivity index (χ0) is 24.8. The fourth-order valence-electron chi connectivity index (χ4n) is 3.24. The second-order valence-corrected chi connectivity index (χ2v) is 11.4. The fourth-order valence-corrected chi connectivity index (χ4v) is 3.98. The van der Waals surface area contributed by atoms with Crippen LogP contribution in [-0.4, -0.2) is 74.7 Å². The second kappa shape index (κ2) is 21.3. The van der Waals surface area contributed by atoms with E-state index in [1.54, 1.807) is 0 Å². The van der Waals surface area contributed by atoms with E-state index in [0.29, 0.717) is 17.6 Å². The highest BCUT2D eigenvalue weighted by molar-refractivity contribution is 7.47. The molecule has 0 bridgehead atoms. The van der Waals surface area contributed by atoms with E-state index < -0.39 is 13.9 Å². The zero-order valence-corrected chi connectivity index (χ0v) is 22.7. The van der Waals surface area contributed by atoms with Crippen LogP contribution in [-0.2, 0) is 23.4 Å². The Hall–Kier alpha value is -0.0500. The van der Waals surface area contributed by atoms with Crippen molar-refractivity contribution < 1.29 is 37.9 Å². The van der Waals surface area contributed by atoms with Crippen molar-refractivity contribution >= 4 is 7.82 Å². The molecule has 0 fully saturated rings. The van der Waals surface area contributed by atoms with E-state index in [1.165, 1.54) is 77.0 Å². The van der Waals surface area contributed by atoms with Crippen molar-refractivity contribution in [2.24, 2.45) is 0 Å². The van der Waals surface area contributed by atoms with Crippen LogP contribution in [0.2, 0.25) is 0 Å². The van der Waals surface area contributed by atoms with Gasteiger partial charge < -0.3 is 14.5 Å². The van der Waals surface area contributed by atoms with Gasteiger partial charge in [0, 0.05) is 0 Å². The van der Waals surface area contributed by atoms with Crippen molar-refractivity contribution in [2.45, 2.75) is 103 Å². The van der Waals surface area contributed by atoms with Gasteiger partial charge in [-0.1, -0.05) is 90.4 Å². The zero-order valence-electron chi connectivity index (χ0n) is 21.8. The van der Waals surface area contributed by atoms with Crippen LogP contribution in [0.3, 0.4) is 0 Å². The van der Waals surface area contributed by atoms with E-state index in [1.807, 2.05) is 21.1 Å². The molecule has 0 saturated carbocycles. The van der Waals surface area contributed by atoms with E-state index in [0.717, 1.165) is 12.8 Å². The topological polar surface area (TPSA) is 94.5 Å². The number of hydrogen-bond donors (Lipinski definition) is 2. The number of aliphatic hydroxyl groups is 1. The van der Waals surface area contributed by atoms with Crippen LogP contribution < -0.4 is 0 Å². The van der Waals surface area contributed by atoms with Crippen molar-refractivity contribution in [2.75, 3.05) is 54.1 Å². The van der Waals surface area contributed by atoms with E-state index >= 15 is 0 Å². The normalized spacial score (nSPS) is 15.0. The molecular weight excluding hydrogens is 445 g/mol. The summed E-state index contributed by atoms with van der Waals surface area (Å²) in [6.07, 6.45) is 17.1. The molecule has 0 spiro atoms. The molecule has 0 heterocycles. The van der Waals surface area contributed by atoms with Crippen LogP contribution in [0.25, 0.3) is 0 Å². The summed E-state index contributed by atoms with van der Waals surface area (Å²) in [5.74, 6) is 0. The third-order valence-corrected chi connectivity index (χ3v) is 6.36. The first-order chi connectivity index (χ1) is 15.7. The van der Waals surface area contributed by atoms with Crippen LogP contribution in [0, 0.1) is 0 Å². The van der Waals surface area contributed by atoms with Crippen molar-refractivity contribution in [1.29, 1.82) is 0 Å². The molecule has 9 heteroatoms. The summed E-state index contributed by atoms with van der Waals surface area (Å²) in [5, 5.41) is 9.77. The lowest BCUT2D eigenvalue weighted by atomic mass is 10.0. The minimum atomic E-state index is -4.18. The third kappa shape index (κ3) is 26.4. The lowest BCUT2D eigenvalue weighted by molar-refractivity contribution is -0.870. The van der Waals surface area contributed by atoms with Gasteiger partial charge in [-0.25, -0.2) is 14.3 Å². The molecule has 0 aliphatic rings. The van der Waals surface area contributed by atoms with E-state index in [2.05, 4.69) is 6.92 Å². The SMILES string of the molecule is CCCCCCCCCCCCCCCCOOCC(O)COP(=O)(O)OCC[N+](C)(C)C. The van der Waals surface area contributed by atoms with E-state index in [-0.39, 0.29) is 19.8 Å². The average Bonchev–Trinajstić information content (AvgIpc) is 2.73. The van der Waals surface area contributed by atoms with Crippen molar-refractivity contribution in [3.05, 3.63) is 0 Å². The lowest BCUT2D eigenvalue weighted by Gasteiger charge is -2.24. The summed E-state index contributed by atoms with van der Waals surface area (Å²) in [4.78, 5) is 19.6. The van der Waals surface area contributed by atoms with Gasteiger partial charge in [-0.05, 0) is 6.42 Å². The largest absolute Gasteiger partial charge is 0.472 e. The maximum absolute atomic E-state index is 11.8. The molecule has 0 aliphatic carbocycles. The molecule has 2 atom stereocenters. The van der Waals surface area contributed by atoms with Gasteiger partial charge in [0.25, 0.3) is 0 Å². The van der Waals surface area contributed by atoms with Crippen LogP contribution in [0.4, 0.5) is 0 Å². The summed E-state index contributed by atoms with van der Waals surface area (Å²) >= 11 is 0. The van der Waals surface area contributed by atoms with Crippen LogP contribution in [0.15, 0.2) is 0 Å². The maximum atomic E-state index is 11.8. The summed E-state index contributed by atoms with van der Waals surface area (Å²) in [5.41, 5.74) is 0. The molecule has 0 aromatic heterocycles. The van der Waals surface area contributed by atoms with E-state index in [4.69, 9.17) is 18.8 Å². The van der Waals surface area contributed by atoms with Crippen LogP contribution >= 0.6 is 7.82 Å². The molecule has 0 amide bonds. The predicted molar refractivity (Wildman–Crippen MR) is 133 cm³/mol. The van der Waals surface area contributed by atoms with Crippen LogP contribution in [0.5, 0.6) is 0 Å². The molecule has 0 aromatic rings. The number of nitrogens with zero attached hydrogens (tertiary/aromatic N) is 1. The standard InChI is InChI=1S/C24H52NO7P/c1-5-6-7-8-9-10-11-12-13-14-15-16-17-18-20-29-30-22-24(26)23-32-33(27,28)31-21-19-25(2,3)4/h24,26H,5-23H2,1-4H3/p+1. The van der Waals surface area contributed by atoms with Gasteiger partial charge in [0.05, 0.1) is 34.4 Å². The highest BCUT2D eigenvalue weighted by Gasteiger charge is 2.24. The number of quaternary nitrogens is 1. The summed E-state index contributed by atoms with van der Waals surface area (Å²) in [7, 11) is 1.68. The van der Waals surface area contributed by atoms with Gasteiger partial charge in [-0.15, -0.1) is 0 Å². The smallest absolute Gasteiger partial charge is 0.388 e. The predicted octanol–water partition coefficient (Wildman–Crippen LogP) is 5.62. The Labute approximate surface area is 203 Å². The number of phosphoric ester groups is 1. The summed E-state index contributed by atoms with van der Waals surface area (Å²) < 4.78 is 22.0. The molecule has 2 unspecified atom stereocenters. The molecule has 33 heavy (non-hydrogen) atoms. The van der Waals surface area contributed by atoms with Gasteiger partial charge in [-0.3, -0.25) is 9.05 Å². The Bertz CT molecular complexity index is 474. The number of aliphatic hydroxyl groups excluding tert-OH is 1. The lowest BCUT2D eigenvalue weighted by Crippen LogP contribution is -2.37. The van der Waals surface area contributed by atoms with Gasteiger partial charge in [-0.2, -0.15) is 0 Å². The molecule has 0 aliphatic heterocycles. The number of rotatable bonds is 25. The highest BCUT2D eigenvalue weighted by atomic mass is 31.2. The quantitative estimate of drug-likeness (QED) is 0.0555. The molecule has 0 radical (unpaired) electrons. The Morgan fingerprint density at radius 3 is 1.67 bits per heavy atom. The van der Waals surface area contributed by atoms with Gasteiger partial charge in [0.1, 0.15) is 25.9 Å². The van der Waals surface area contributed by atoms with E-state index in [9.17, 15) is 14.6 Å². The molecule has 0 rings (SSSR count). The summed E-state index contributed by atoms with van der Waals surface area (Å²) in [6, 6.07) is 0. The molecular formula is C24H53NO7P+. The number of phosphoric acid groups is 1. The first-order valence-electron chi connectivity index (χ1n) is 13.0. The third-order valence-electron chi connectivity index (χ3n) is 5.37. The first kappa shape index (κ1) is 33.0. The Balaban J connectivity index is 3.38. The van der Waals surface area contributed by atoms with Crippen LogP contribution in [0.1, 0.15) is 96.8 Å². The minimum absolute atomic E-state index is 0.0895. The maximum Gasteiger partial charge on any atom is 0.472 e. The molecule has 0 saturated heterocycles. The van der Waals surface area contributed by atoms with Crippen molar-refractivity contribution in [3.8, 4) is 0 Å². The monoisotopic (exact) mass is 498 g/mol. The van der Waals surface area contributed by atoms with Crippen molar-refractivity contribution in [1.82, 2.24) is 0 Å². The molecule has 200 valence electrons. The Morgan fingerprint density at radius 1 is 0.697 bits per heavy atom. The summed E-state index contributed by atoms with van der Waals surface area (Å²) in [6.45, 7) is 2.89. The number of hydrogen-bond acceptors (Lipinski definition) is 6. The molecule has 8 nitrogen and oxygen atoms in total. The van der Waals surface area contributed by atoms with Gasteiger partial charge in [0.15, 0.2) is 0 Å². The minimum Gasteiger partial charge on any atom is -0.388 e. The molecule has 0 aromatic carbocycles. The van der Waals surface area contributed by atoms with Crippen molar-refractivity contribution in [3.63, 3.8) is 0 Å². The average molecular weight is 499 g/mol. The number of unbranched alkanes of at least 4 members (excludes halogenated alkanes) is 13. The Kier molecular flexibility index (Phi) is 21.2. The van der Waals surface area contributed by atoms with Gasteiger partial charge >= 0.3 is 7.82 Å². The first-order valence-corrected chi connectivity index (χ1v) is 14.5. The highest BCUT2D eigenvalue weighted by Crippen LogP contribution is 2.43. The second-order valence-electron chi connectivity index (χ2n) is 9.97.